The van der Waals surface area contributed by atoms with Gasteiger partial charge in [-0.25, -0.2) is 0 Å². The minimum Gasteiger partial charge on any atom is -0.491 e. The van der Waals surface area contributed by atoms with Crippen LogP contribution in [0.2, 0.25) is 10.0 Å². The topological polar surface area (TPSA) is 36.0 Å². The van der Waals surface area contributed by atoms with Crippen LogP contribution in [0.25, 0.3) is 0 Å². The van der Waals surface area contributed by atoms with Crippen molar-refractivity contribution in [2.24, 2.45) is 0 Å². The average Bonchev–Trinajstić information content (AvgIpc) is 3.40. The highest BCUT2D eigenvalue weighted by Crippen LogP contribution is 2.40. The van der Waals surface area contributed by atoms with Gasteiger partial charge in [0.15, 0.2) is 0 Å². The smallest absolute Gasteiger partial charge is 0.227 e. The zero-order chi connectivity index (χ0) is 28.1. The number of nitrogens with zero attached hydrogens (tertiary/aromatic N) is 3. The lowest BCUT2D eigenvalue weighted by atomic mass is 9.76. The van der Waals surface area contributed by atoms with E-state index in [1.165, 1.54) is 50.8 Å². The van der Waals surface area contributed by atoms with Gasteiger partial charge in [0.05, 0.1) is 22.6 Å². The molecule has 1 atom stereocenters. The molecule has 3 saturated heterocycles. The molecule has 218 valence electrons. The quantitative estimate of drug-likeness (QED) is 0.323. The van der Waals surface area contributed by atoms with Gasteiger partial charge in [0.25, 0.3) is 0 Å². The summed E-state index contributed by atoms with van der Waals surface area (Å²) in [4.78, 5) is 20.9. The second kappa shape index (κ2) is 13.5. The summed E-state index contributed by atoms with van der Waals surface area (Å²) in [5, 5.41) is 1.17. The van der Waals surface area contributed by atoms with Crippen LogP contribution in [0.4, 0.5) is 0 Å². The Morgan fingerprint density at radius 3 is 2.48 bits per heavy atom. The van der Waals surface area contributed by atoms with Crippen LogP contribution in [0.1, 0.15) is 69.9 Å². The number of hydrogen-bond acceptors (Lipinski definition) is 4. The number of carbonyl (C=O) groups excluding carboxylic acids is 1. The molecule has 0 bridgehead atoms. The van der Waals surface area contributed by atoms with Gasteiger partial charge < -0.3 is 19.4 Å². The lowest BCUT2D eigenvalue weighted by Crippen LogP contribution is -2.47. The molecular weight excluding hydrogens is 541 g/mol. The molecule has 40 heavy (non-hydrogen) atoms. The summed E-state index contributed by atoms with van der Waals surface area (Å²) in [6.45, 7) is 11.4. The van der Waals surface area contributed by atoms with Gasteiger partial charge in [-0.05, 0) is 120 Å². The molecule has 7 heteroatoms. The Hall–Kier alpha value is -1.79. The molecule has 5 nitrogen and oxygen atoms in total. The van der Waals surface area contributed by atoms with Crippen molar-refractivity contribution in [1.82, 2.24) is 14.7 Å². The summed E-state index contributed by atoms with van der Waals surface area (Å²) in [6.07, 6.45) is 9.09. The van der Waals surface area contributed by atoms with Crippen molar-refractivity contribution in [3.05, 3.63) is 63.6 Å². The van der Waals surface area contributed by atoms with Crippen LogP contribution in [-0.4, -0.2) is 78.6 Å². The Kier molecular flexibility index (Phi) is 9.99. The highest BCUT2D eigenvalue weighted by atomic mass is 35.5. The minimum atomic E-state index is -0.115. The largest absolute Gasteiger partial charge is 0.491 e. The molecule has 3 fully saturated rings. The van der Waals surface area contributed by atoms with Crippen LogP contribution >= 0.6 is 23.2 Å². The molecule has 0 spiro atoms. The number of piperidine rings is 2. The molecule has 2 aromatic carbocycles. The second-order valence-corrected chi connectivity index (χ2v) is 13.2. The van der Waals surface area contributed by atoms with E-state index >= 15 is 0 Å². The molecule has 3 aliphatic rings. The fourth-order valence-electron chi connectivity index (χ4n) is 6.95. The number of rotatable bonds is 9. The van der Waals surface area contributed by atoms with E-state index in [9.17, 15) is 4.79 Å². The zero-order valence-electron chi connectivity index (χ0n) is 24.2. The molecule has 0 aliphatic carbocycles. The Morgan fingerprint density at radius 2 is 1.75 bits per heavy atom. The van der Waals surface area contributed by atoms with Gasteiger partial charge in [0.1, 0.15) is 5.75 Å². The SMILES string of the molecule is CC(C)Oc1cccc(CC(=O)N2CC[C@@](CCN3CCC(N4CCCCC4)CC3)(c3ccc(Cl)c(Cl)c3)C2)c1. The summed E-state index contributed by atoms with van der Waals surface area (Å²) in [5.41, 5.74) is 2.08. The molecule has 0 N–H and O–H groups in total. The maximum absolute atomic E-state index is 13.5. The Bertz CT molecular complexity index is 1140. The third-order valence-corrected chi connectivity index (χ3v) is 9.97. The van der Waals surface area contributed by atoms with Crippen LogP contribution in [0.3, 0.4) is 0 Å². The van der Waals surface area contributed by atoms with E-state index in [2.05, 4.69) is 20.8 Å². The van der Waals surface area contributed by atoms with Crippen LogP contribution in [-0.2, 0) is 16.6 Å². The highest BCUT2D eigenvalue weighted by Gasteiger charge is 2.42. The predicted molar refractivity (Wildman–Crippen MR) is 165 cm³/mol. The highest BCUT2D eigenvalue weighted by molar-refractivity contribution is 6.42. The van der Waals surface area contributed by atoms with Gasteiger partial charge in [0.2, 0.25) is 5.91 Å². The first kappa shape index (κ1) is 29.7. The third kappa shape index (κ3) is 7.34. The summed E-state index contributed by atoms with van der Waals surface area (Å²) < 4.78 is 5.85. The molecule has 2 aromatic rings. The first-order chi connectivity index (χ1) is 19.3. The molecule has 1 amide bonds. The van der Waals surface area contributed by atoms with Crippen molar-refractivity contribution >= 4 is 29.1 Å². The van der Waals surface area contributed by atoms with E-state index in [-0.39, 0.29) is 17.4 Å². The second-order valence-electron chi connectivity index (χ2n) is 12.4. The number of hydrogen-bond donors (Lipinski definition) is 0. The number of ether oxygens (including phenoxy) is 1. The standard InChI is InChI=1S/C33H45Cl2N3O2/c1-25(2)40-29-8-6-7-26(21-29)22-32(39)38-20-14-33(24-38,27-9-10-30(34)31(35)23-27)13-19-36-17-11-28(12-18-36)37-15-4-3-5-16-37/h6-10,21,23,25,28H,3-5,11-20,22,24H2,1-2H3/t33-/m1/s1. The van der Waals surface area contributed by atoms with Gasteiger partial charge in [-0.15, -0.1) is 0 Å². The lowest BCUT2D eigenvalue weighted by Gasteiger charge is -2.41. The molecule has 0 saturated carbocycles. The van der Waals surface area contributed by atoms with Crippen molar-refractivity contribution in [1.29, 1.82) is 0 Å². The molecule has 0 aromatic heterocycles. The summed E-state index contributed by atoms with van der Waals surface area (Å²) in [6, 6.07) is 14.8. The van der Waals surface area contributed by atoms with Crippen LogP contribution in [0, 0.1) is 0 Å². The van der Waals surface area contributed by atoms with Crippen molar-refractivity contribution in [2.75, 3.05) is 45.8 Å². The van der Waals surface area contributed by atoms with Crippen molar-refractivity contribution in [3.8, 4) is 5.75 Å². The van der Waals surface area contributed by atoms with E-state index < -0.39 is 0 Å². The molecule has 0 radical (unpaired) electrons. The summed E-state index contributed by atoms with van der Waals surface area (Å²) in [7, 11) is 0. The maximum atomic E-state index is 13.5. The van der Waals surface area contributed by atoms with Gasteiger partial charge in [-0.3, -0.25) is 4.79 Å². The lowest BCUT2D eigenvalue weighted by molar-refractivity contribution is -0.129. The van der Waals surface area contributed by atoms with E-state index in [1.807, 2.05) is 50.2 Å². The van der Waals surface area contributed by atoms with Gasteiger partial charge in [-0.1, -0.05) is 47.8 Å². The van der Waals surface area contributed by atoms with Crippen molar-refractivity contribution in [2.45, 2.75) is 82.8 Å². The average molecular weight is 587 g/mol. The first-order valence-corrected chi connectivity index (χ1v) is 16.0. The van der Waals surface area contributed by atoms with E-state index in [1.54, 1.807) is 0 Å². The number of benzene rings is 2. The molecule has 0 unspecified atom stereocenters. The van der Waals surface area contributed by atoms with Crippen LogP contribution < -0.4 is 4.74 Å². The van der Waals surface area contributed by atoms with E-state index in [4.69, 9.17) is 27.9 Å². The Balaban J connectivity index is 1.24. The van der Waals surface area contributed by atoms with Crippen molar-refractivity contribution < 1.29 is 9.53 Å². The zero-order valence-corrected chi connectivity index (χ0v) is 25.7. The van der Waals surface area contributed by atoms with Crippen LogP contribution in [0.15, 0.2) is 42.5 Å². The molecule has 3 aliphatic heterocycles. The predicted octanol–water partition coefficient (Wildman–Crippen LogP) is 6.83. The van der Waals surface area contributed by atoms with Gasteiger partial charge >= 0.3 is 0 Å². The summed E-state index contributed by atoms with van der Waals surface area (Å²) in [5.74, 6) is 0.988. The monoisotopic (exact) mass is 585 g/mol. The molecular formula is C33H45Cl2N3O2. The number of carbonyl (C=O) groups is 1. The maximum Gasteiger partial charge on any atom is 0.227 e. The number of amides is 1. The van der Waals surface area contributed by atoms with Crippen molar-refractivity contribution in [3.63, 3.8) is 0 Å². The normalized spacial score (nSPS) is 23.2. The molecule has 3 heterocycles. The minimum absolute atomic E-state index is 0.104. The van der Waals surface area contributed by atoms with Gasteiger partial charge in [-0.2, -0.15) is 0 Å². The number of likely N-dealkylation sites (tertiary alicyclic amines) is 3. The van der Waals surface area contributed by atoms with Gasteiger partial charge in [0, 0.05) is 24.5 Å². The fraction of sp³-hybridized carbons (Fsp3) is 0.606. The van der Waals surface area contributed by atoms with Crippen LogP contribution in [0.5, 0.6) is 5.75 Å². The van der Waals surface area contributed by atoms with E-state index in [0.717, 1.165) is 62.9 Å². The fourth-order valence-corrected chi connectivity index (χ4v) is 7.24. The first-order valence-electron chi connectivity index (χ1n) is 15.3. The summed E-state index contributed by atoms with van der Waals surface area (Å²) >= 11 is 12.8. The third-order valence-electron chi connectivity index (χ3n) is 9.23. The molecule has 5 rings (SSSR count). The number of halogens is 2. The Morgan fingerprint density at radius 1 is 0.975 bits per heavy atom. The Labute approximate surface area is 250 Å². The van der Waals surface area contributed by atoms with E-state index in [0.29, 0.717) is 16.5 Å².